The van der Waals surface area contributed by atoms with Gasteiger partial charge in [0.2, 0.25) is 17.8 Å². The Morgan fingerprint density at radius 2 is 1.55 bits per heavy atom. The zero-order valence-corrected chi connectivity index (χ0v) is 45.1. The monoisotopic (exact) mass is 1090 g/mol. The summed E-state index contributed by atoms with van der Waals surface area (Å²) in [5, 5.41) is 14.5. The molecule has 7 heterocycles. The highest BCUT2D eigenvalue weighted by atomic mass is 79.9. The van der Waals surface area contributed by atoms with Crippen LogP contribution in [0.1, 0.15) is 72.1 Å². The predicted octanol–water partition coefficient (Wildman–Crippen LogP) is 8.80. The summed E-state index contributed by atoms with van der Waals surface area (Å²) in [5.41, 5.74) is 8.25. The Bertz CT molecular complexity index is 3270. The van der Waals surface area contributed by atoms with Gasteiger partial charge in [0.25, 0.3) is 11.8 Å². The molecule has 1 spiro atoms. The van der Waals surface area contributed by atoms with Crippen molar-refractivity contribution in [3.05, 3.63) is 113 Å². The van der Waals surface area contributed by atoms with Crippen LogP contribution in [0.25, 0.3) is 22.3 Å². The smallest absolute Gasteiger partial charge is 0.262 e. The number of amides is 4. The maximum absolute atomic E-state index is 13.7. The lowest BCUT2D eigenvalue weighted by molar-refractivity contribution is -0.136. The number of rotatable bonds is 12. The van der Waals surface area contributed by atoms with Gasteiger partial charge in [-0.2, -0.15) is 10.1 Å². The van der Waals surface area contributed by atoms with Gasteiger partial charge in [0.1, 0.15) is 24.8 Å². The number of fused-ring (bicyclic) bond motifs is 1. The number of hydrogen-bond acceptors (Lipinski definition) is 14. The highest BCUT2D eigenvalue weighted by Gasteiger charge is 2.45. The number of halogens is 1. The molecule has 0 radical (unpaired) electrons. The standard InChI is InChI=1S/C56H61BrN11O6P/c1-64-33-37(31-59-64)41-29-45(61-55-58-32-43(57)51(63-55)60-44-14-11-36(27-49(44)75(3,4)73)35-9-6-5-7-10-35)48(74-2)30-47(41)66-25-20-56(21-26-66)19-8-22-67(34-56)38-17-23-65(24-18-38)39-12-13-40-42(28-39)54(72)68(53(40)71)46-15-16-50(69)62-52(46)70/h5-7,9-14,27-33,38,46H,8,15-26,34H2,1-4H3,(H,62,69,70)(H2,58,60,61,63). The molecule has 0 bridgehead atoms. The number of benzene rings is 4. The molecule has 5 aliphatic heterocycles. The maximum atomic E-state index is 13.7. The van der Waals surface area contributed by atoms with E-state index in [4.69, 9.17) is 9.72 Å². The molecular weight excluding hydrogens is 1030 g/mol. The molecule has 3 N–H and O–H groups in total. The van der Waals surface area contributed by atoms with E-state index in [-0.39, 0.29) is 18.3 Å². The Kier molecular flexibility index (Phi) is 13.6. The van der Waals surface area contributed by atoms with Gasteiger partial charge in [0, 0.05) is 98.5 Å². The number of aryl methyl sites for hydroxylation is 1. The first-order valence-electron chi connectivity index (χ1n) is 25.8. The zero-order chi connectivity index (χ0) is 52.2. The van der Waals surface area contributed by atoms with Crippen molar-refractivity contribution in [1.82, 2.24) is 34.9 Å². The summed E-state index contributed by atoms with van der Waals surface area (Å²) in [6.45, 7) is 9.18. The van der Waals surface area contributed by atoms with Crippen LogP contribution in [0.15, 0.2) is 102 Å². The molecule has 19 heteroatoms. The van der Waals surface area contributed by atoms with E-state index in [2.05, 4.69) is 68.8 Å². The lowest BCUT2D eigenvalue weighted by Crippen LogP contribution is -2.54. The van der Waals surface area contributed by atoms with E-state index in [9.17, 15) is 23.7 Å². The lowest BCUT2D eigenvalue weighted by Gasteiger charge is -2.51. The van der Waals surface area contributed by atoms with Crippen LogP contribution >= 0.6 is 23.1 Å². The summed E-state index contributed by atoms with van der Waals surface area (Å²) >= 11 is 3.65. The Hall–Kier alpha value is -6.88. The minimum absolute atomic E-state index is 0.0876. The van der Waals surface area contributed by atoms with Gasteiger partial charge in [-0.15, -0.1) is 0 Å². The minimum Gasteiger partial charge on any atom is -0.494 e. The molecule has 0 saturated carbocycles. The first-order valence-corrected chi connectivity index (χ1v) is 29.2. The van der Waals surface area contributed by atoms with E-state index in [0.29, 0.717) is 50.5 Å². The largest absolute Gasteiger partial charge is 0.494 e. The number of carbonyl (C=O) groups excluding carboxylic acids is 4. The molecule has 11 rings (SSSR count). The molecule has 4 amide bonds. The quantitative estimate of drug-likeness (QED) is 0.0780. The van der Waals surface area contributed by atoms with E-state index in [1.54, 1.807) is 38.8 Å². The van der Waals surface area contributed by atoms with Crippen LogP contribution in [0.2, 0.25) is 0 Å². The Morgan fingerprint density at radius 1 is 0.773 bits per heavy atom. The Labute approximate surface area is 444 Å². The van der Waals surface area contributed by atoms with Crippen LogP contribution in [-0.2, 0) is 21.2 Å². The second kappa shape index (κ2) is 20.3. The summed E-state index contributed by atoms with van der Waals surface area (Å²) in [4.78, 5) is 69.4. The molecule has 2 aromatic heterocycles. The van der Waals surface area contributed by atoms with Gasteiger partial charge in [-0.3, -0.25) is 39.0 Å². The number of ether oxygens (including phenoxy) is 1. The SMILES string of the molecule is COc1cc(N2CCC3(CCCN(C4CCN(c5ccc6c(c5)C(=O)N(C5CCC(=O)NC5=O)C6=O)CC4)C3)CC2)c(-c2cnn(C)c2)cc1Nc1ncc(Br)c(Nc2ccc(-c3ccccc3)cc2P(C)(C)=O)n1. The molecular formula is C56H61BrN11O6P. The Morgan fingerprint density at radius 3 is 2.27 bits per heavy atom. The van der Waals surface area contributed by atoms with Crippen molar-refractivity contribution in [3.63, 3.8) is 0 Å². The van der Waals surface area contributed by atoms with Crippen molar-refractivity contribution in [2.24, 2.45) is 12.5 Å². The number of hydrogen-bond donors (Lipinski definition) is 3. The number of likely N-dealkylation sites (tertiary alicyclic amines) is 1. The number of nitrogens with one attached hydrogen (secondary N) is 3. The number of nitrogens with zero attached hydrogens (tertiary/aromatic N) is 8. The van der Waals surface area contributed by atoms with Crippen LogP contribution in [0, 0.1) is 5.41 Å². The summed E-state index contributed by atoms with van der Waals surface area (Å²) in [7, 11) is 0.885. The molecule has 4 fully saturated rings. The summed E-state index contributed by atoms with van der Waals surface area (Å²) < 4.78 is 22.3. The Balaban J connectivity index is 0.761. The summed E-state index contributed by atoms with van der Waals surface area (Å²) in [6.07, 6.45) is 12.3. The number of aromatic nitrogens is 4. The molecule has 17 nitrogen and oxygen atoms in total. The highest BCUT2D eigenvalue weighted by Crippen LogP contribution is 2.47. The highest BCUT2D eigenvalue weighted by molar-refractivity contribution is 9.10. The molecule has 0 aliphatic carbocycles. The fourth-order valence-corrected chi connectivity index (χ4v) is 13.3. The number of carbonyl (C=O) groups is 4. The van der Waals surface area contributed by atoms with Crippen molar-refractivity contribution in [3.8, 4) is 28.0 Å². The van der Waals surface area contributed by atoms with E-state index in [1.165, 1.54) is 6.42 Å². The van der Waals surface area contributed by atoms with E-state index in [1.807, 2.05) is 78.7 Å². The first kappa shape index (κ1) is 50.3. The van der Waals surface area contributed by atoms with Crippen LogP contribution in [0.3, 0.4) is 0 Å². The number of methoxy groups -OCH3 is 1. The van der Waals surface area contributed by atoms with Crippen molar-refractivity contribution in [2.45, 2.75) is 63.5 Å². The zero-order valence-electron chi connectivity index (χ0n) is 42.6. The van der Waals surface area contributed by atoms with Gasteiger partial charge in [0.15, 0.2) is 0 Å². The fourth-order valence-electron chi connectivity index (χ4n) is 11.9. The van der Waals surface area contributed by atoms with Crippen LogP contribution in [0.4, 0.5) is 34.5 Å². The van der Waals surface area contributed by atoms with Crippen molar-refractivity contribution in [2.75, 3.05) is 80.1 Å². The number of imide groups is 2. The van der Waals surface area contributed by atoms with Gasteiger partial charge in [-0.05, 0) is 134 Å². The predicted molar refractivity (Wildman–Crippen MR) is 295 cm³/mol. The van der Waals surface area contributed by atoms with Crippen LogP contribution in [0.5, 0.6) is 5.75 Å². The summed E-state index contributed by atoms with van der Waals surface area (Å²) in [5.74, 6) is -0.438. The van der Waals surface area contributed by atoms with Crippen LogP contribution in [-0.4, -0.2) is 125 Å². The fraction of sp³-hybridized carbons (Fsp3) is 0.375. The molecule has 6 aromatic rings. The third-order valence-corrected chi connectivity index (χ3v) is 18.0. The third kappa shape index (κ3) is 10.1. The first-order chi connectivity index (χ1) is 36.1. The summed E-state index contributed by atoms with van der Waals surface area (Å²) in [6, 6.07) is 25.1. The van der Waals surface area contributed by atoms with Crippen molar-refractivity contribution >= 4 is 86.5 Å². The second-order valence-corrected chi connectivity index (χ2v) is 25.1. The number of piperidine rings is 4. The van der Waals surface area contributed by atoms with Gasteiger partial charge >= 0.3 is 0 Å². The minimum atomic E-state index is -2.72. The average Bonchev–Trinajstić information content (AvgIpc) is 3.96. The van der Waals surface area contributed by atoms with E-state index < -0.39 is 36.8 Å². The van der Waals surface area contributed by atoms with Gasteiger partial charge in [-0.25, -0.2) is 4.98 Å². The molecule has 5 aliphatic rings. The maximum Gasteiger partial charge on any atom is 0.262 e. The molecule has 75 heavy (non-hydrogen) atoms. The molecule has 4 aromatic carbocycles. The normalized spacial score (nSPS) is 19.4. The molecule has 1 atom stereocenters. The molecule has 1 unspecified atom stereocenters. The third-order valence-electron chi connectivity index (χ3n) is 15.9. The molecule has 4 saturated heterocycles. The average molecular weight is 1100 g/mol. The lowest BCUT2D eigenvalue weighted by atomic mass is 9.71. The molecule has 388 valence electrons. The van der Waals surface area contributed by atoms with Gasteiger partial charge < -0.3 is 29.7 Å². The topological polar surface area (TPSA) is 187 Å². The van der Waals surface area contributed by atoms with E-state index >= 15 is 0 Å². The number of anilines is 6. The van der Waals surface area contributed by atoms with E-state index in [0.717, 1.165) is 115 Å². The van der Waals surface area contributed by atoms with Crippen LogP contribution < -0.4 is 35.8 Å². The van der Waals surface area contributed by atoms with Gasteiger partial charge in [-0.1, -0.05) is 36.4 Å². The van der Waals surface area contributed by atoms with Crippen molar-refractivity contribution < 1.29 is 28.5 Å². The van der Waals surface area contributed by atoms with Gasteiger partial charge in [0.05, 0.1) is 40.3 Å². The van der Waals surface area contributed by atoms with Crippen molar-refractivity contribution in [1.29, 1.82) is 0 Å². The second-order valence-electron chi connectivity index (χ2n) is 21.0.